The first-order valence-corrected chi connectivity index (χ1v) is 9.02. The maximum Gasteiger partial charge on any atom is 0.268 e. The maximum atomic E-state index is 12.4. The van der Waals surface area contributed by atoms with Gasteiger partial charge < -0.3 is 30.7 Å². The second-order valence-corrected chi connectivity index (χ2v) is 6.36. The number of amides is 1. The van der Waals surface area contributed by atoms with Gasteiger partial charge in [-0.05, 0) is 36.3 Å². The number of ether oxygens (including phenoxy) is 2. The molecule has 2 heterocycles. The molecule has 7 nitrogen and oxygen atoms in total. The van der Waals surface area contributed by atoms with Gasteiger partial charge in [-0.3, -0.25) is 4.79 Å². The van der Waals surface area contributed by atoms with Crippen molar-refractivity contribution >= 4 is 5.91 Å². The lowest BCUT2D eigenvalue weighted by Gasteiger charge is -2.32. The van der Waals surface area contributed by atoms with E-state index >= 15 is 0 Å². The summed E-state index contributed by atoms with van der Waals surface area (Å²) < 4.78 is 10.6. The Balaban J connectivity index is 1.57. The molecule has 1 fully saturated rings. The predicted molar refractivity (Wildman–Crippen MR) is 104 cm³/mol. The molecule has 0 saturated carbocycles. The number of carbonyl (C=O) groups excluding carboxylic acids is 1. The predicted octanol–water partition coefficient (Wildman–Crippen LogP) is 0.856. The number of morpholine rings is 1. The first-order valence-electron chi connectivity index (χ1n) is 9.02. The molecule has 0 spiro atoms. The van der Waals surface area contributed by atoms with E-state index in [4.69, 9.17) is 15.2 Å². The standard InChI is InChI=1S/C20H26N4O3/c1-26-17-4-2-3-15(13-17)5-6-18(21)20(25)23-19-14-16(7-8-22-19)24-9-11-27-12-10-24/h2-4,6-8,13-14,19,22H,5,9-12,21H2,1H3,(H,23,25)/b18-6+. The van der Waals surface area contributed by atoms with E-state index in [-0.39, 0.29) is 17.8 Å². The maximum absolute atomic E-state index is 12.4. The van der Waals surface area contributed by atoms with Crippen LogP contribution in [0, 0.1) is 0 Å². The zero-order chi connectivity index (χ0) is 19.1. The molecular weight excluding hydrogens is 344 g/mol. The number of nitrogens with zero attached hydrogens (tertiary/aromatic N) is 1. The largest absolute Gasteiger partial charge is 0.497 e. The van der Waals surface area contributed by atoms with Crippen molar-refractivity contribution in [3.63, 3.8) is 0 Å². The molecule has 1 atom stereocenters. The van der Waals surface area contributed by atoms with Crippen LogP contribution in [0.25, 0.3) is 0 Å². The van der Waals surface area contributed by atoms with Crippen molar-refractivity contribution in [1.29, 1.82) is 0 Å². The SMILES string of the molecule is COc1cccc(C/C=C(/N)C(=O)NC2C=C(N3CCOCC3)C=CN2)c1. The van der Waals surface area contributed by atoms with Crippen LogP contribution in [0.1, 0.15) is 5.56 Å². The van der Waals surface area contributed by atoms with Crippen LogP contribution in [0.5, 0.6) is 5.75 Å². The summed E-state index contributed by atoms with van der Waals surface area (Å²) in [5.41, 5.74) is 8.24. The van der Waals surface area contributed by atoms with Crippen molar-refractivity contribution in [2.75, 3.05) is 33.4 Å². The van der Waals surface area contributed by atoms with E-state index in [0.717, 1.165) is 43.3 Å². The van der Waals surface area contributed by atoms with Crippen LogP contribution in [0.4, 0.5) is 0 Å². The van der Waals surface area contributed by atoms with Crippen LogP contribution in [0.15, 0.2) is 60.1 Å². The number of nitrogens with one attached hydrogen (secondary N) is 2. The van der Waals surface area contributed by atoms with Gasteiger partial charge in [0, 0.05) is 25.0 Å². The molecule has 0 radical (unpaired) electrons. The normalized spacial score (nSPS) is 19.9. The molecule has 1 aromatic rings. The van der Waals surface area contributed by atoms with Crippen LogP contribution >= 0.6 is 0 Å². The third-order valence-corrected chi connectivity index (χ3v) is 4.48. The number of benzene rings is 1. The Hall–Kier alpha value is -2.93. The van der Waals surface area contributed by atoms with E-state index < -0.39 is 0 Å². The monoisotopic (exact) mass is 370 g/mol. The molecule has 2 aliphatic heterocycles. The molecule has 7 heteroatoms. The lowest BCUT2D eigenvalue weighted by Crippen LogP contribution is -2.46. The number of allylic oxidation sites excluding steroid dienone is 2. The lowest BCUT2D eigenvalue weighted by molar-refractivity contribution is -0.118. The summed E-state index contributed by atoms with van der Waals surface area (Å²) in [5, 5.41) is 6.01. The molecule has 1 aromatic carbocycles. The minimum absolute atomic E-state index is 0.190. The Morgan fingerprint density at radius 2 is 2.26 bits per heavy atom. The van der Waals surface area contributed by atoms with Crippen LogP contribution in [-0.2, 0) is 16.0 Å². The molecule has 27 heavy (non-hydrogen) atoms. The van der Waals surface area contributed by atoms with E-state index in [1.807, 2.05) is 42.6 Å². The van der Waals surface area contributed by atoms with Gasteiger partial charge in [0.1, 0.15) is 11.9 Å². The third-order valence-electron chi connectivity index (χ3n) is 4.48. The molecule has 0 aromatic heterocycles. The van der Waals surface area contributed by atoms with Crippen molar-refractivity contribution in [2.45, 2.75) is 12.6 Å². The summed E-state index contributed by atoms with van der Waals surface area (Å²) in [7, 11) is 1.63. The summed E-state index contributed by atoms with van der Waals surface area (Å²) in [4.78, 5) is 14.6. The summed E-state index contributed by atoms with van der Waals surface area (Å²) in [5.74, 6) is 0.478. The number of hydrogen-bond acceptors (Lipinski definition) is 6. The summed E-state index contributed by atoms with van der Waals surface area (Å²) in [6, 6.07) is 7.68. The zero-order valence-corrected chi connectivity index (χ0v) is 15.5. The Morgan fingerprint density at radius 3 is 3.04 bits per heavy atom. The summed E-state index contributed by atoms with van der Waals surface area (Å²) in [6.45, 7) is 3.13. The van der Waals surface area contributed by atoms with Gasteiger partial charge in [-0.25, -0.2) is 0 Å². The molecule has 1 amide bonds. The lowest BCUT2D eigenvalue weighted by atomic mass is 10.1. The van der Waals surface area contributed by atoms with E-state index in [0.29, 0.717) is 6.42 Å². The molecule has 1 unspecified atom stereocenters. The van der Waals surface area contributed by atoms with Gasteiger partial charge in [0.2, 0.25) is 0 Å². The van der Waals surface area contributed by atoms with Gasteiger partial charge in [0.15, 0.2) is 0 Å². The van der Waals surface area contributed by atoms with Crippen LogP contribution < -0.4 is 21.1 Å². The Bertz CT molecular complexity index is 751. The molecular formula is C20H26N4O3. The highest BCUT2D eigenvalue weighted by Crippen LogP contribution is 2.14. The molecule has 0 bridgehead atoms. The van der Waals surface area contributed by atoms with Crippen LogP contribution in [0.2, 0.25) is 0 Å². The van der Waals surface area contributed by atoms with Gasteiger partial charge in [0.05, 0.1) is 26.0 Å². The average molecular weight is 370 g/mol. The van der Waals surface area contributed by atoms with Gasteiger partial charge in [-0.2, -0.15) is 0 Å². The fourth-order valence-electron chi connectivity index (χ4n) is 2.97. The quantitative estimate of drug-likeness (QED) is 0.644. The first kappa shape index (κ1) is 18.8. The van der Waals surface area contributed by atoms with Gasteiger partial charge in [-0.15, -0.1) is 0 Å². The smallest absolute Gasteiger partial charge is 0.268 e. The minimum Gasteiger partial charge on any atom is -0.497 e. The second kappa shape index (κ2) is 9.14. The van der Waals surface area contributed by atoms with Gasteiger partial charge in [0.25, 0.3) is 5.91 Å². The summed E-state index contributed by atoms with van der Waals surface area (Å²) in [6.07, 6.45) is 7.79. The number of carbonyl (C=O) groups is 1. The molecule has 3 rings (SSSR count). The Morgan fingerprint density at radius 1 is 1.44 bits per heavy atom. The third kappa shape index (κ3) is 5.27. The van der Waals surface area contributed by atoms with E-state index in [9.17, 15) is 4.79 Å². The fourth-order valence-corrected chi connectivity index (χ4v) is 2.97. The highest BCUT2D eigenvalue weighted by atomic mass is 16.5. The highest BCUT2D eigenvalue weighted by molar-refractivity contribution is 5.92. The van der Waals surface area contributed by atoms with Crippen LogP contribution in [-0.4, -0.2) is 50.4 Å². The van der Waals surface area contributed by atoms with Gasteiger partial charge >= 0.3 is 0 Å². The van der Waals surface area contributed by atoms with Crippen molar-refractivity contribution in [2.24, 2.45) is 5.73 Å². The fraction of sp³-hybridized carbons (Fsp3) is 0.350. The van der Waals surface area contributed by atoms with Crippen molar-refractivity contribution in [3.05, 3.63) is 65.7 Å². The van der Waals surface area contributed by atoms with Crippen molar-refractivity contribution in [3.8, 4) is 5.75 Å². The van der Waals surface area contributed by atoms with E-state index in [1.165, 1.54) is 0 Å². The Kier molecular flexibility index (Phi) is 6.38. The number of nitrogens with two attached hydrogens (primary N) is 1. The van der Waals surface area contributed by atoms with Crippen molar-refractivity contribution in [1.82, 2.24) is 15.5 Å². The highest BCUT2D eigenvalue weighted by Gasteiger charge is 2.18. The molecule has 4 N–H and O–H groups in total. The Labute approximate surface area is 159 Å². The van der Waals surface area contributed by atoms with Gasteiger partial charge in [-0.1, -0.05) is 18.2 Å². The molecule has 2 aliphatic rings. The van der Waals surface area contributed by atoms with Crippen LogP contribution in [0.3, 0.4) is 0 Å². The molecule has 0 aliphatic carbocycles. The number of methoxy groups -OCH3 is 1. The number of rotatable bonds is 6. The average Bonchev–Trinajstić information content (AvgIpc) is 2.73. The molecule has 1 saturated heterocycles. The van der Waals surface area contributed by atoms with E-state index in [2.05, 4.69) is 15.5 Å². The zero-order valence-electron chi connectivity index (χ0n) is 15.5. The van der Waals surface area contributed by atoms with E-state index in [1.54, 1.807) is 13.2 Å². The second-order valence-electron chi connectivity index (χ2n) is 6.36. The number of dihydropyridines is 1. The minimum atomic E-state index is -0.303. The van der Waals surface area contributed by atoms with Crippen molar-refractivity contribution < 1.29 is 14.3 Å². The number of hydrogen-bond donors (Lipinski definition) is 3. The first-order chi connectivity index (χ1) is 13.2. The summed E-state index contributed by atoms with van der Waals surface area (Å²) >= 11 is 0. The molecule has 144 valence electrons. The topological polar surface area (TPSA) is 88.8 Å².